The van der Waals surface area contributed by atoms with E-state index in [1.807, 2.05) is 0 Å². The van der Waals surface area contributed by atoms with Crippen LogP contribution in [0.4, 0.5) is 0 Å². The van der Waals surface area contributed by atoms with E-state index in [-0.39, 0.29) is 0 Å². The number of rotatable bonds is 2. The minimum atomic E-state index is 0.712. The molecule has 2 unspecified atom stereocenters. The fraction of sp³-hybridized carbons (Fsp3) is 0.333. The molecule has 0 amide bonds. The zero-order valence-corrected chi connectivity index (χ0v) is 10.8. The minimum absolute atomic E-state index is 0.712. The lowest BCUT2D eigenvalue weighted by Gasteiger charge is -2.30. The van der Waals surface area contributed by atoms with Crippen molar-refractivity contribution in [2.24, 2.45) is 5.92 Å². The number of hydrogen-bond donors (Lipinski definition) is 0. The summed E-state index contributed by atoms with van der Waals surface area (Å²) < 4.78 is 0. The van der Waals surface area contributed by atoms with E-state index in [0.29, 0.717) is 5.92 Å². The molecular formula is C18H20. The van der Waals surface area contributed by atoms with Gasteiger partial charge < -0.3 is 0 Å². The van der Waals surface area contributed by atoms with Crippen LogP contribution in [0.1, 0.15) is 37.2 Å². The predicted octanol–water partition coefficient (Wildman–Crippen LogP) is 5.01. The molecule has 2 aliphatic rings. The van der Waals surface area contributed by atoms with Crippen LogP contribution in [0.15, 0.2) is 66.3 Å². The van der Waals surface area contributed by atoms with Gasteiger partial charge in [0.05, 0.1) is 0 Å². The fourth-order valence-electron chi connectivity index (χ4n) is 3.22. The van der Waals surface area contributed by atoms with Crippen molar-refractivity contribution in [3.63, 3.8) is 0 Å². The molecule has 1 aromatic carbocycles. The van der Waals surface area contributed by atoms with Crippen LogP contribution in [-0.4, -0.2) is 0 Å². The summed E-state index contributed by atoms with van der Waals surface area (Å²) in [5, 5.41) is 0. The average Bonchev–Trinajstić information content (AvgIpc) is 2.93. The van der Waals surface area contributed by atoms with E-state index in [2.05, 4.69) is 60.7 Å². The van der Waals surface area contributed by atoms with Crippen LogP contribution in [0.3, 0.4) is 0 Å². The molecule has 2 aliphatic carbocycles. The standard InChI is InChI=1S/C18H20/c1-2-10-16(11-3-1)18-13-7-6-12-17(18)14-15-8-4-5-9-15/h1-5,8-11,14,17-18H,6-7,12-13H2. The monoisotopic (exact) mass is 236 g/mol. The molecule has 0 aromatic heterocycles. The van der Waals surface area contributed by atoms with E-state index in [1.165, 1.54) is 36.8 Å². The van der Waals surface area contributed by atoms with Gasteiger partial charge in [0.25, 0.3) is 0 Å². The second-order valence-corrected chi connectivity index (χ2v) is 5.35. The Labute approximate surface area is 110 Å². The number of hydrogen-bond acceptors (Lipinski definition) is 0. The van der Waals surface area contributed by atoms with Crippen LogP contribution in [-0.2, 0) is 0 Å². The molecule has 0 bridgehead atoms. The SMILES string of the molecule is C1=CC(=CC2CCCCC2c2ccccc2)C=C1. The third-order valence-corrected chi connectivity index (χ3v) is 4.14. The van der Waals surface area contributed by atoms with Gasteiger partial charge in [-0.3, -0.25) is 0 Å². The van der Waals surface area contributed by atoms with Crippen molar-refractivity contribution in [2.45, 2.75) is 31.6 Å². The molecule has 0 saturated heterocycles. The summed E-state index contributed by atoms with van der Waals surface area (Å²) in [5.41, 5.74) is 2.91. The Hall–Kier alpha value is -1.56. The molecule has 0 radical (unpaired) electrons. The second-order valence-electron chi connectivity index (χ2n) is 5.35. The maximum Gasteiger partial charge on any atom is -0.00987 e. The average molecular weight is 236 g/mol. The van der Waals surface area contributed by atoms with Crippen molar-refractivity contribution in [2.75, 3.05) is 0 Å². The van der Waals surface area contributed by atoms with Gasteiger partial charge in [-0.2, -0.15) is 0 Å². The molecule has 0 nitrogen and oxygen atoms in total. The number of allylic oxidation sites excluding steroid dienone is 6. The third-order valence-electron chi connectivity index (χ3n) is 4.14. The Morgan fingerprint density at radius 2 is 1.61 bits per heavy atom. The Kier molecular flexibility index (Phi) is 3.45. The molecule has 1 aromatic rings. The number of benzene rings is 1. The first kappa shape index (κ1) is 11.5. The predicted molar refractivity (Wildman–Crippen MR) is 77.5 cm³/mol. The van der Waals surface area contributed by atoms with Gasteiger partial charge in [0, 0.05) is 0 Å². The Morgan fingerprint density at radius 1 is 0.889 bits per heavy atom. The Balaban J connectivity index is 1.84. The van der Waals surface area contributed by atoms with Gasteiger partial charge in [-0.05, 0) is 35.8 Å². The summed E-state index contributed by atoms with van der Waals surface area (Å²) in [6.07, 6.45) is 16.6. The van der Waals surface area contributed by atoms with Gasteiger partial charge in [0.15, 0.2) is 0 Å². The first-order valence-corrected chi connectivity index (χ1v) is 7.05. The summed E-state index contributed by atoms with van der Waals surface area (Å²) in [6.45, 7) is 0. The van der Waals surface area contributed by atoms with Crippen molar-refractivity contribution >= 4 is 0 Å². The molecule has 1 fully saturated rings. The molecule has 0 aliphatic heterocycles. The highest BCUT2D eigenvalue weighted by Crippen LogP contribution is 2.39. The zero-order valence-electron chi connectivity index (χ0n) is 10.8. The van der Waals surface area contributed by atoms with Crippen LogP contribution in [0, 0.1) is 5.92 Å². The highest BCUT2D eigenvalue weighted by atomic mass is 14.3. The van der Waals surface area contributed by atoms with Gasteiger partial charge in [-0.1, -0.05) is 73.6 Å². The summed E-state index contributed by atoms with van der Waals surface area (Å²) in [5.74, 6) is 1.43. The van der Waals surface area contributed by atoms with Crippen LogP contribution in [0.2, 0.25) is 0 Å². The van der Waals surface area contributed by atoms with E-state index in [9.17, 15) is 0 Å². The van der Waals surface area contributed by atoms with E-state index in [0.717, 1.165) is 5.92 Å². The molecule has 18 heavy (non-hydrogen) atoms. The normalized spacial score (nSPS) is 26.6. The largest absolute Gasteiger partial charge is 0.0735 e. The van der Waals surface area contributed by atoms with E-state index < -0.39 is 0 Å². The van der Waals surface area contributed by atoms with E-state index in [1.54, 1.807) is 0 Å². The minimum Gasteiger partial charge on any atom is -0.0735 e. The van der Waals surface area contributed by atoms with Gasteiger partial charge in [-0.25, -0.2) is 0 Å². The summed E-state index contributed by atoms with van der Waals surface area (Å²) in [7, 11) is 0. The van der Waals surface area contributed by atoms with Crippen molar-refractivity contribution < 1.29 is 0 Å². The van der Waals surface area contributed by atoms with Gasteiger partial charge >= 0.3 is 0 Å². The first-order chi connectivity index (χ1) is 8.93. The summed E-state index contributed by atoms with van der Waals surface area (Å²) in [6, 6.07) is 11.0. The fourth-order valence-corrected chi connectivity index (χ4v) is 3.22. The molecule has 1 saturated carbocycles. The van der Waals surface area contributed by atoms with E-state index >= 15 is 0 Å². The quantitative estimate of drug-likeness (QED) is 0.677. The van der Waals surface area contributed by atoms with Crippen molar-refractivity contribution in [3.8, 4) is 0 Å². The van der Waals surface area contributed by atoms with Crippen LogP contribution < -0.4 is 0 Å². The lowest BCUT2D eigenvalue weighted by molar-refractivity contribution is 0.361. The molecule has 92 valence electrons. The maximum absolute atomic E-state index is 2.48. The smallest absolute Gasteiger partial charge is 0.00987 e. The van der Waals surface area contributed by atoms with Crippen molar-refractivity contribution in [1.29, 1.82) is 0 Å². The highest BCUT2D eigenvalue weighted by Gasteiger charge is 2.24. The maximum atomic E-state index is 2.48. The second kappa shape index (κ2) is 5.39. The van der Waals surface area contributed by atoms with Crippen molar-refractivity contribution in [1.82, 2.24) is 0 Å². The molecule has 2 atom stereocenters. The zero-order chi connectivity index (χ0) is 12.2. The summed E-state index contributed by atoms with van der Waals surface area (Å²) >= 11 is 0. The van der Waals surface area contributed by atoms with E-state index in [4.69, 9.17) is 0 Å². The first-order valence-electron chi connectivity index (χ1n) is 7.05. The van der Waals surface area contributed by atoms with Crippen molar-refractivity contribution in [3.05, 3.63) is 71.8 Å². The molecule has 0 heteroatoms. The molecule has 3 rings (SSSR count). The molecule has 0 spiro atoms. The molecule has 0 heterocycles. The third kappa shape index (κ3) is 2.48. The van der Waals surface area contributed by atoms with Gasteiger partial charge in [0.2, 0.25) is 0 Å². The molecular weight excluding hydrogens is 216 g/mol. The lowest BCUT2D eigenvalue weighted by atomic mass is 9.75. The van der Waals surface area contributed by atoms with Gasteiger partial charge in [-0.15, -0.1) is 0 Å². The Morgan fingerprint density at radius 3 is 2.39 bits per heavy atom. The highest BCUT2D eigenvalue weighted by molar-refractivity contribution is 5.41. The van der Waals surface area contributed by atoms with Gasteiger partial charge in [0.1, 0.15) is 0 Å². The van der Waals surface area contributed by atoms with Crippen LogP contribution in [0.5, 0.6) is 0 Å². The van der Waals surface area contributed by atoms with Crippen LogP contribution in [0.25, 0.3) is 0 Å². The topological polar surface area (TPSA) is 0 Å². The Bertz CT molecular complexity index is 462. The molecule has 0 N–H and O–H groups in total. The van der Waals surface area contributed by atoms with Crippen LogP contribution >= 0.6 is 0 Å². The summed E-state index contributed by atoms with van der Waals surface area (Å²) in [4.78, 5) is 0. The lowest BCUT2D eigenvalue weighted by Crippen LogP contribution is -2.16.